The summed E-state index contributed by atoms with van der Waals surface area (Å²) in [4.78, 5) is 35.5. The Morgan fingerprint density at radius 3 is 2.90 bits per heavy atom. The van der Waals surface area contributed by atoms with Gasteiger partial charge in [-0.05, 0) is 38.5 Å². The van der Waals surface area contributed by atoms with Gasteiger partial charge in [0.15, 0.2) is 6.67 Å². The number of guanidine groups is 1. The number of ether oxygens (including phenoxy) is 4. The highest BCUT2D eigenvalue weighted by molar-refractivity contribution is 6.68. The molecule has 220 valence electrons. The molecule has 0 spiro atoms. The SMILES string of the molecule is CCOC(=O)C1=CC(=CC[NH+]2C=CNC2[NH+]2CN=C3C(=O)NC(=N)N=C32)c2c(cc3c(c2OC)CC(C(C)(C)O)O3)O1. The topological polar surface area (TPSA) is 173 Å². The summed E-state index contributed by atoms with van der Waals surface area (Å²) in [6.07, 6.45) is 7.10. The second kappa shape index (κ2) is 10.4. The summed E-state index contributed by atoms with van der Waals surface area (Å²) in [6.45, 7) is 6.06. The fourth-order valence-electron chi connectivity index (χ4n) is 5.63. The molecule has 0 bridgehead atoms. The maximum atomic E-state index is 12.8. The van der Waals surface area contributed by atoms with Crippen LogP contribution in [0.4, 0.5) is 0 Å². The van der Waals surface area contributed by atoms with Crippen LogP contribution >= 0.6 is 0 Å². The number of carbonyl (C=O) groups excluding carboxylic acids is 2. The number of aliphatic hydroxyl groups is 1. The van der Waals surface area contributed by atoms with Crippen LogP contribution in [-0.4, -0.2) is 79.4 Å². The van der Waals surface area contributed by atoms with Crippen LogP contribution in [0.1, 0.15) is 31.9 Å². The lowest BCUT2D eigenvalue weighted by molar-refractivity contribution is -1.05. The van der Waals surface area contributed by atoms with Crippen molar-refractivity contribution in [2.75, 3.05) is 26.9 Å². The number of hydrogen-bond donors (Lipinski definition) is 6. The second-order valence-corrected chi connectivity index (χ2v) is 10.9. The van der Waals surface area contributed by atoms with Crippen molar-refractivity contribution in [3.63, 3.8) is 0 Å². The fourth-order valence-corrected chi connectivity index (χ4v) is 5.63. The third-order valence-corrected chi connectivity index (χ3v) is 7.67. The van der Waals surface area contributed by atoms with Gasteiger partial charge in [-0.3, -0.25) is 20.8 Å². The van der Waals surface area contributed by atoms with Gasteiger partial charge in [0, 0.05) is 18.1 Å². The third-order valence-electron chi connectivity index (χ3n) is 7.67. The van der Waals surface area contributed by atoms with Crippen molar-refractivity contribution in [3.8, 4) is 17.2 Å². The van der Waals surface area contributed by atoms with Crippen molar-refractivity contribution in [1.82, 2.24) is 10.6 Å². The van der Waals surface area contributed by atoms with E-state index >= 15 is 0 Å². The van der Waals surface area contributed by atoms with Crippen LogP contribution in [0.25, 0.3) is 5.57 Å². The summed E-state index contributed by atoms with van der Waals surface area (Å²) >= 11 is 0. The highest BCUT2D eigenvalue weighted by Gasteiger charge is 2.46. The molecule has 0 aliphatic carbocycles. The van der Waals surface area contributed by atoms with E-state index < -0.39 is 23.6 Å². The van der Waals surface area contributed by atoms with Gasteiger partial charge in [0.2, 0.25) is 17.4 Å². The maximum Gasteiger partial charge on any atom is 0.374 e. The molecule has 0 saturated carbocycles. The van der Waals surface area contributed by atoms with Crippen LogP contribution in [0, 0.1) is 5.41 Å². The van der Waals surface area contributed by atoms with Crippen molar-refractivity contribution in [1.29, 1.82) is 5.41 Å². The van der Waals surface area contributed by atoms with E-state index in [1.807, 2.05) is 18.5 Å². The summed E-state index contributed by atoms with van der Waals surface area (Å²) in [5.74, 6) is 0.662. The molecule has 5 aliphatic rings. The van der Waals surface area contributed by atoms with E-state index in [2.05, 4.69) is 20.6 Å². The molecular weight excluding hydrogens is 546 g/mol. The Bertz CT molecular complexity index is 1540. The molecule has 1 aromatic rings. The van der Waals surface area contributed by atoms with Crippen LogP contribution in [0.5, 0.6) is 17.2 Å². The number of allylic oxidation sites excluding steroid dienone is 2. The minimum absolute atomic E-state index is 0.0283. The molecule has 5 heterocycles. The number of nitrogens with one attached hydrogen (secondary N) is 5. The molecule has 14 heteroatoms. The molecule has 0 saturated heterocycles. The molecule has 1 aromatic carbocycles. The second-order valence-electron chi connectivity index (χ2n) is 10.9. The molecule has 0 radical (unpaired) electrons. The van der Waals surface area contributed by atoms with E-state index in [0.717, 1.165) is 15.4 Å². The van der Waals surface area contributed by atoms with Crippen LogP contribution in [-0.2, 0) is 20.7 Å². The van der Waals surface area contributed by atoms with E-state index in [-0.39, 0.29) is 30.3 Å². The number of aliphatic imine (C=N–C) groups is 2. The standard InChI is InChI=1S/C28H31N7O7/c1-5-40-25(37)18-10-14(20-17(41-18)12-16-15(22(20)39-4)11-19(42-16)28(2,3)38)6-8-34-9-7-30-27(34)35-13-31-21-23(35)32-26(29)33-24(21)36/h6-7,9-10,12,19,27,30,38H,5,8,11,13H2,1-4H3,(H2,29,33,36)/p+2. The zero-order valence-electron chi connectivity index (χ0n) is 23.7. The number of hydrogen-bond acceptors (Lipinski definition) is 10. The Morgan fingerprint density at radius 1 is 1.36 bits per heavy atom. The highest BCUT2D eigenvalue weighted by atomic mass is 16.6. The van der Waals surface area contributed by atoms with Crippen molar-refractivity contribution in [3.05, 3.63) is 47.5 Å². The molecule has 6 rings (SSSR count). The Morgan fingerprint density at radius 2 is 2.17 bits per heavy atom. The van der Waals surface area contributed by atoms with Crippen LogP contribution < -0.4 is 34.6 Å². The number of carbonyl (C=O) groups is 2. The Hall–Kier alpha value is -4.53. The smallest absolute Gasteiger partial charge is 0.374 e. The number of fused-ring (bicyclic) bond motifs is 3. The van der Waals surface area contributed by atoms with E-state index in [0.29, 0.717) is 53.9 Å². The van der Waals surface area contributed by atoms with E-state index in [4.69, 9.17) is 24.4 Å². The molecule has 0 fully saturated rings. The number of nitrogens with zero attached hydrogens (tertiary/aromatic N) is 2. The number of amidine groups is 1. The minimum atomic E-state index is -1.09. The molecule has 42 heavy (non-hydrogen) atoms. The van der Waals surface area contributed by atoms with Crippen LogP contribution in [0.3, 0.4) is 0 Å². The summed E-state index contributed by atoms with van der Waals surface area (Å²) in [5, 5.41) is 24.2. The van der Waals surface area contributed by atoms with Gasteiger partial charge in [-0.15, -0.1) is 0 Å². The Kier molecular flexibility index (Phi) is 6.83. The summed E-state index contributed by atoms with van der Waals surface area (Å²) in [5.41, 5.74) is 1.31. The lowest BCUT2D eigenvalue weighted by atomic mass is 9.92. The summed E-state index contributed by atoms with van der Waals surface area (Å²) in [7, 11) is 1.57. The first-order valence-corrected chi connectivity index (χ1v) is 13.7. The van der Waals surface area contributed by atoms with Gasteiger partial charge in [-0.1, -0.05) is 0 Å². The Labute approximate surface area is 241 Å². The normalized spacial score (nSPS) is 26.6. The average Bonchev–Trinajstić information content (AvgIpc) is 3.68. The molecule has 0 aromatic heterocycles. The van der Waals surface area contributed by atoms with Gasteiger partial charge in [0.25, 0.3) is 11.7 Å². The van der Waals surface area contributed by atoms with Crippen molar-refractivity contribution in [2.24, 2.45) is 9.98 Å². The van der Waals surface area contributed by atoms with Crippen LogP contribution in [0.15, 0.2) is 46.4 Å². The van der Waals surface area contributed by atoms with Gasteiger partial charge in [0.05, 0.1) is 31.1 Å². The number of quaternary nitrogens is 2. The van der Waals surface area contributed by atoms with E-state index in [1.54, 1.807) is 40.0 Å². The molecule has 4 unspecified atom stereocenters. The van der Waals surface area contributed by atoms with Gasteiger partial charge in [0.1, 0.15) is 36.1 Å². The first-order valence-electron chi connectivity index (χ1n) is 13.7. The average molecular weight is 580 g/mol. The zero-order chi connectivity index (χ0) is 29.8. The molecular formula is C28H33N7O7+2. The number of benzene rings is 1. The molecule has 6 N–H and O–H groups in total. The molecule has 1 amide bonds. The van der Waals surface area contributed by atoms with Gasteiger partial charge in [-0.25, -0.2) is 14.7 Å². The molecule has 4 atom stereocenters. The first-order chi connectivity index (χ1) is 20.1. The van der Waals surface area contributed by atoms with Gasteiger partial charge < -0.3 is 24.1 Å². The number of esters is 1. The Balaban J connectivity index is 1.34. The first kappa shape index (κ1) is 27.6. The lowest BCUT2D eigenvalue weighted by Gasteiger charge is -2.26. The molecule has 5 aliphatic heterocycles. The van der Waals surface area contributed by atoms with Crippen molar-refractivity contribution < 1.29 is 43.4 Å². The third kappa shape index (κ3) is 4.72. The fraction of sp³-hybridized carbons (Fsp3) is 0.393. The quantitative estimate of drug-likeness (QED) is 0.201. The van der Waals surface area contributed by atoms with E-state index in [9.17, 15) is 14.7 Å². The van der Waals surface area contributed by atoms with Crippen molar-refractivity contribution in [2.45, 2.75) is 45.2 Å². The maximum absolute atomic E-state index is 12.8. The lowest BCUT2D eigenvalue weighted by Crippen LogP contribution is -3.36. The zero-order valence-corrected chi connectivity index (χ0v) is 23.7. The number of methoxy groups -OCH3 is 1. The summed E-state index contributed by atoms with van der Waals surface area (Å²) in [6, 6.07) is 1.72. The number of rotatable bonds is 7. The molecule has 14 nitrogen and oxygen atoms in total. The summed E-state index contributed by atoms with van der Waals surface area (Å²) < 4.78 is 23.2. The predicted octanol–water partition coefficient (Wildman–Crippen LogP) is -2.00. The van der Waals surface area contributed by atoms with Crippen LogP contribution in [0.2, 0.25) is 0 Å². The minimum Gasteiger partial charge on any atom is -0.496 e. The monoisotopic (exact) mass is 579 g/mol. The van der Waals surface area contributed by atoms with E-state index in [1.165, 1.54) is 0 Å². The van der Waals surface area contributed by atoms with Crippen molar-refractivity contribution >= 4 is 35.0 Å². The van der Waals surface area contributed by atoms with Gasteiger partial charge in [-0.2, -0.15) is 9.89 Å². The largest absolute Gasteiger partial charge is 0.496 e. The predicted molar refractivity (Wildman–Crippen MR) is 149 cm³/mol. The highest BCUT2D eigenvalue weighted by Crippen LogP contribution is 2.50. The number of amides is 1. The van der Waals surface area contributed by atoms with Gasteiger partial charge >= 0.3 is 12.3 Å².